The topological polar surface area (TPSA) is 117 Å². The number of carbonyl (C=O) groups excluding carboxylic acids is 1. The second kappa shape index (κ2) is 37.1. The molecule has 0 aliphatic heterocycles. The molecule has 0 aromatic heterocycles. The Bertz CT molecular complexity index is 792. The Morgan fingerprint density at radius 3 is 1.56 bits per heavy atom. The van der Waals surface area contributed by atoms with E-state index in [1.54, 1.807) is 6.26 Å². The first-order valence-electron chi connectivity index (χ1n) is 19.9. The van der Waals surface area contributed by atoms with Gasteiger partial charge >= 0.3 is 13.8 Å². The van der Waals surface area contributed by atoms with Crippen LogP contribution in [-0.2, 0) is 27.9 Å². The molecule has 0 aliphatic carbocycles. The van der Waals surface area contributed by atoms with Gasteiger partial charge < -0.3 is 20.1 Å². The third-order valence-corrected chi connectivity index (χ3v) is 9.42. The Morgan fingerprint density at radius 2 is 1.06 bits per heavy atom. The van der Waals surface area contributed by atoms with Gasteiger partial charge in [0.2, 0.25) is 0 Å². The minimum absolute atomic E-state index is 0.0327. The van der Waals surface area contributed by atoms with E-state index >= 15 is 0 Å². The van der Waals surface area contributed by atoms with Gasteiger partial charge in [-0.05, 0) is 51.0 Å². The Balaban J connectivity index is 4.12. The van der Waals surface area contributed by atoms with E-state index < -0.39 is 13.9 Å². The summed E-state index contributed by atoms with van der Waals surface area (Å²) in [6, 6.07) is 0. The van der Waals surface area contributed by atoms with Crippen LogP contribution in [0.25, 0.3) is 0 Å². The first kappa shape index (κ1) is 46.8. The van der Waals surface area contributed by atoms with Crippen LogP contribution in [0.5, 0.6) is 0 Å². The van der Waals surface area contributed by atoms with E-state index in [-0.39, 0.29) is 32.3 Å². The number of phosphoric ester groups is 1. The molecule has 48 heavy (non-hydrogen) atoms. The molecular weight excluding hydrogens is 625 g/mol. The van der Waals surface area contributed by atoms with Crippen molar-refractivity contribution >= 4 is 13.8 Å². The lowest BCUT2D eigenvalue weighted by Gasteiger charge is -2.19. The first-order chi connectivity index (χ1) is 23.4. The molecule has 1 unspecified atom stereocenters. The van der Waals surface area contributed by atoms with Crippen LogP contribution >= 0.6 is 7.82 Å². The number of ether oxygens (including phenoxy) is 2. The van der Waals surface area contributed by atoms with Crippen LogP contribution in [0.4, 0.5) is 0 Å². The second-order valence-corrected chi connectivity index (χ2v) is 14.7. The quantitative estimate of drug-likeness (QED) is 0.0215. The fourth-order valence-electron chi connectivity index (χ4n) is 5.49. The number of unbranched alkanes of at least 4 members (excludes halogenated alkanes) is 23. The van der Waals surface area contributed by atoms with Gasteiger partial charge in [0.25, 0.3) is 0 Å². The van der Waals surface area contributed by atoms with Crippen LogP contribution < -0.4 is 5.73 Å². The van der Waals surface area contributed by atoms with Gasteiger partial charge in [-0.25, -0.2) is 4.57 Å². The van der Waals surface area contributed by atoms with Gasteiger partial charge in [-0.3, -0.25) is 13.8 Å². The van der Waals surface area contributed by atoms with Gasteiger partial charge in [-0.15, -0.1) is 0 Å². The molecule has 0 heterocycles. The predicted octanol–water partition coefficient (Wildman–Crippen LogP) is 11.6. The van der Waals surface area contributed by atoms with Gasteiger partial charge in [0, 0.05) is 13.0 Å². The zero-order valence-corrected chi connectivity index (χ0v) is 32.1. The van der Waals surface area contributed by atoms with Crippen LogP contribution in [-0.4, -0.2) is 43.3 Å². The summed E-state index contributed by atoms with van der Waals surface area (Å²) in [5.41, 5.74) is 5.35. The number of phosphoric acid groups is 1. The minimum Gasteiger partial charge on any atom is -0.498 e. The maximum Gasteiger partial charge on any atom is 0.472 e. The molecule has 284 valence electrons. The molecule has 0 amide bonds. The summed E-state index contributed by atoms with van der Waals surface area (Å²) < 4.78 is 33.1. The summed E-state index contributed by atoms with van der Waals surface area (Å²) in [7, 11) is -4.28. The normalized spacial score (nSPS) is 13.8. The van der Waals surface area contributed by atoms with Crippen molar-refractivity contribution in [1.82, 2.24) is 0 Å². The van der Waals surface area contributed by atoms with Crippen molar-refractivity contribution in [3.8, 4) is 0 Å². The summed E-state index contributed by atoms with van der Waals surface area (Å²) >= 11 is 0. The van der Waals surface area contributed by atoms with E-state index in [0.717, 1.165) is 32.1 Å². The number of hydrogen-bond donors (Lipinski definition) is 2. The van der Waals surface area contributed by atoms with E-state index in [2.05, 4.69) is 26.0 Å². The van der Waals surface area contributed by atoms with E-state index in [9.17, 15) is 14.3 Å². The standard InChI is InChI=1S/C39H76NO7P/c1-3-5-7-9-11-13-15-17-18-19-21-23-25-27-29-31-34-44-36-38(37-46-48(42,43)45-35-33-40)47-39(41)32-30-28-26-24-22-20-16-14-12-10-8-6-4-2/h13,15,31,34,38H,3-12,14,16-30,32-33,35-37,40H2,1-2H3,(H,42,43)/t38-/m1/s1. The van der Waals surface area contributed by atoms with Crippen molar-refractivity contribution in [2.75, 3.05) is 26.4 Å². The average Bonchev–Trinajstić information content (AvgIpc) is 3.07. The van der Waals surface area contributed by atoms with Gasteiger partial charge in [-0.2, -0.15) is 0 Å². The number of hydrogen-bond acceptors (Lipinski definition) is 7. The highest BCUT2D eigenvalue weighted by molar-refractivity contribution is 7.47. The van der Waals surface area contributed by atoms with Crippen LogP contribution in [0.2, 0.25) is 0 Å². The highest BCUT2D eigenvalue weighted by Crippen LogP contribution is 2.43. The van der Waals surface area contributed by atoms with Crippen LogP contribution in [0.15, 0.2) is 24.5 Å². The van der Waals surface area contributed by atoms with Crippen molar-refractivity contribution in [3.05, 3.63) is 24.5 Å². The molecule has 0 rings (SSSR count). The van der Waals surface area contributed by atoms with Crippen molar-refractivity contribution in [2.45, 2.75) is 193 Å². The van der Waals surface area contributed by atoms with Gasteiger partial charge in [-0.1, -0.05) is 148 Å². The third-order valence-electron chi connectivity index (χ3n) is 8.44. The lowest BCUT2D eigenvalue weighted by molar-refractivity contribution is -0.153. The molecular formula is C39H76NO7P. The van der Waals surface area contributed by atoms with Crippen molar-refractivity contribution in [1.29, 1.82) is 0 Å². The van der Waals surface area contributed by atoms with Crippen LogP contribution in [0.1, 0.15) is 187 Å². The van der Waals surface area contributed by atoms with Crippen molar-refractivity contribution in [3.63, 3.8) is 0 Å². The molecule has 0 aromatic rings. The predicted molar refractivity (Wildman–Crippen MR) is 201 cm³/mol. The van der Waals surface area contributed by atoms with Crippen molar-refractivity contribution in [2.24, 2.45) is 5.73 Å². The molecule has 0 aromatic carbocycles. The van der Waals surface area contributed by atoms with Crippen LogP contribution in [0.3, 0.4) is 0 Å². The summed E-state index contributed by atoms with van der Waals surface area (Å²) in [6.45, 7) is 4.23. The van der Waals surface area contributed by atoms with Crippen molar-refractivity contribution < 1.29 is 32.8 Å². The van der Waals surface area contributed by atoms with Gasteiger partial charge in [0.15, 0.2) is 6.10 Å². The monoisotopic (exact) mass is 702 g/mol. The zero-order chi connectivity index (χ0) is 35.2. The molecule has 0 radical (unpaired) electrons. The molecule has 0 bridgehead atoms. The molecule has 0 saturated heterocycles. The lowest BCUT2D eigenvalue weighted by Crippen LogP contribution is -2.27. The molecule has 0 spiro atoms. The fraction of sp³-hybridized carbons (Fsp3) is 0.872. The summed E-state index contributed by atoms with van der Waals surface area (Å²) in [6.07, 6.45) is 39.9. The van der Waals surface area contributed by atoms with E-state index in [4.69, 9.17) is 24.3 Å². The Hall–Kier alpha value is -1.18. The van der Waals surface area contributed by atoms with E-state index in [1.165, 1.54) is 135 Å². The minimum atomic E-state index is -4.28. The molecule has 0 fully saturated rings. The number of nitrogens with two attached hydrogens (primary N) is 1. The largest absolute Gasteiger partial charge is 0.498 e. The zero-order valence-electron chi connectivity index (χ0n) is 31.2. The summed E-state index contributed by atoms with van der Waals surface area (Å²) in [4.78, 5) is 22.4. The number of rotatable bonds is 38. The van der Waals surface area contributed by atoms with Gasteiger partial charge in [0.1, 0.15) is 6.61 Å². The second-order valence-electron chi connectivity index (χ2n) is 13.2. The average molecular weight is 702 g/mol. The number of carbonyl (C=O) groups is 1. The maximum atomic E-state index is 12.5. The fourth-order valence-corrected chi connectivity index (χ4v) is 6.25. The van der Waals surface area contributed by atoms with E-state index in [0.29, 0.717) is 6.42 Å². The molecule has 2 atom stereocenters. The maximum absolute atomic E-state index is 12.5. The number of allylic oxidation sites excluding steroid dienone is 3. The molecule has 3 N–H and O–H groups in total. The SMILES string of the molecule is CCCCCCC=CCCCCCCCCC=COC[C@H](COP(=O)(O)OCCN)OC(=O)CCCCCCCCCCCCCCC. The Labute approximate surface area is 296 Å². The highest BCUT2D eigenvalue weighted by Gasteiger charge is 2.25. The van der Waals surface area contributed by atoms with E-state index in [1.807, 2.05) is 6.08 Å². The number of esters is 1. The third kappa shape index (κ3) is 36.1. The molecule has 8 nitrogen and oxygen atoms in total. The smallest absolute Gasteiger partial charge is 0.472 e. The highest BCUT2D eigenvalue weighted by atomic mass is 31.2. The molecule has 0 aliphatic rings. The summed E-state index contributed by atoms with van der Waals surface area (Å²) in [5.74, 6) is -0.353. The first-order valence-corrected chi connectivity index (χ1v) is 21.4. The molecule has 0 saturated carbocycles. The Morgan fingerprint density at radius 1 is 0.625 bits per heavy atom. The lowest BCUT2D eigenvalue weighted by atomic mass is 10.0. The summed E-state index contributed by atoms with van der Waals surface area (Å²) in [5, 5.41) is 0. The van der Waals surface area contributed by atoms with Gasteiger partial charge in [0.05, 0.1) is 19.5 Å². The Kier molecular flexibility index (Phi) is 36.2. The van der Waals surface area contributed by atoms with Crippen LogP contribution in [0, 0.1) is 0 Å². The molecule has 9 heteroatoms.